The minimum absolute atomic E-state index is 0. The maximum absolute atomic E-state index is 4.74. The first-order valence-electron chi connectivity index (χ1n) is 8.73. The van der Waals surface area contributed by atoms with Crippen LogP contribution in [0.3, 0.4) is 0 Å². The molecule has 159 valence electrons. The zero-order valence-electron chi connectivity index (χ0n) is 17.2. The van der Waals surface area contributed by atoms with Crippen molar-refractivity contribution >= 4 is 22.8 Å². The van der Waals surface area contributed by atoms with Gasteiger partial charge in [-0.1, -0.05) is 41.5 Å². The average Bonchev–Trinajstić information content (AvgIpc) is 2.65. The third-order valence-electron chi connectivity index (χ3n) is 4.15. The van der Waals surface area contributed by atoms with Crippen LogP contribution in [-0.4, -0.2) is 16.4 Å². The molecule has 3 nitrogen and oxygen atoms in total. The third kappa shape index (κ3) is 8.59. The molecule has 1 heterocycles. The first kappa shape index (κ1) is 30.5. The molecule has 0 saturated heterocycles. The summed E-state index contributed by atoms with van der Waals surface area (Å²) in [6.07, 6.45) is 0. The summed E-state index contributed by atoms with van der Waals surface area (Å²) in [6, 6.07) is 22.3. The SMILES string of the molecule is CC(=Nc1ccc(C)cc1)c1cccc(C(C)=Nc2ccc(C)cc2)n1.[Cl-].[Cl-].[Cl-].[Fe+3]. The van der Waals surface area contributed by atoms with Gasteiger partial charge in [0.2, 0.25) is 0 Å². The fourth-order valence-electron chi connectivity index (χ4n) is 2.58. The molecule has 7 heteroatoms. The first-order valence-corrected chi connectivity index (χ1v) is 8.73. The van der Waals surface area contributed by atoms with Crippen LogP contribution < -0.4 is 37.2 Å². The molecule has 0 spiro atoms. The topological polar surface area (TPSA) is 37.6 Å². The molecule has 0 fully saturated rings. The van der Waals surface area contributed by atoms with Crippen LogP contribution >= 0.6 is 0 Å². The molecule has 2 aromatic carbocycles. The second kappa shape index (κ2) is 14.3. The number of halogens is 3. The number of hydrogen-bond donors (Lipinski definition) is 0. The van der Waals surface area contributed by atoms with Crippen LogP contribution in [0.4, 0.5) is 11.4 Å². The Hall–Kier alpha value is -1.68. The number of rotatable bonds is 4. The minimum Gasteiger partial charge on any atom is -1.00 e. The van der Waals surface area contributed by atoms with Gasteiger partial charge in [-0.15, -0.1) is 0 Å². The van der Waals surface area contributed by atoms with Crippen molar-refractivity contribution in [3.63, 3.8) is 0 Å². The summed E-state index contributed by atoms with van der Waals surface area (Å²) in [5, 5.41) is 0. The molecule has 0 unspecified atom stereocenters. The summed E-state index contributed by atoms with van der Waals surface area (Å²) in [6.45, 7) is 8.11. The predicted molar refractivity (Wildman–Crippen MR) is 110 cm³/mol. The summed E-state index contributed by atoms with van der Waals surface area (Å²) in [4.78, 5) is 14.1. The van der Waals surface area contributed by atoms with Gasteiger partial charge in [0, 0.05) is 0 Å². The standard InChI is InChI=1S/C23H23N3.3ClH.Fe/c1-16-8-12-20(13-9-16)24-18(3)22-6-5-7-23(26-22)19(4)25-21-14-10-17(2)11-15-21;;;;/h5-15H,1-4H3;3*1H;/q;;;;+3/p-3. The number of aliphatic imine (C=N–C) groups is 2. The van der Waals surface area contributed by atoms with Gasteiger partial charge in [-0.3, -0.25) is 9.98 Å². The molecule has 1 radical (unpaired) electrons. The maximum atomic E-state index is 4.74. The number of hydrogen-bond acceptors (Lipinski definition) is 3. The Labute approximate surface area is 208 Å². The van der Waals surface area contributed by atoms with Crippen molar-refractivity contribution in [2.75, 3.05) is 0 Å². The maximum Gasteiger partial charge on any atom is 3.00 e. The van der Waals surface area contributed by atoms with Crippen LogP contribution in [0.15, 0.2) is 76.7 Å². The summed E-state index contributed by atoms with van der Waals surface area (Å²) < 4.78 is 0. The minimum atomic E-state index is 0. The van der Waals surface area contributed by atoms with Crippen molar-refractivity contribution < 1.29 is 54.3 Å². The molecule has 0 bridgehead atoms. The van der Waals surface area contributed by atoms with E-state index in [0.717, 1.165) is 34.2 Å². The predicted octanol–water partition coefficient (Wildman–Crippen LogP) is -3.01. The van der Waals surface area contributed by atoms with E-state index in [1.54, 1.807) is 0 Å². The molecular weight excluding hydrogens is 480 g/mol. The number of aromatic nitrogens is 1. The molecule has 0 N–H and O–H groups in total. The Morgan fingerprint density at radius 2 is 0.933 bits per heavy atom. The van der Waals surface area contributed by atoms with Crippen LogP contribution in [0.25, 0.3) is 0 Å². The monoisotopic (exact) mass is 502 g/mol. The van der Waals surface area contributed by atoms with E-state index in [4.69, 9.17) is 4.98 Å². The summed E-state index contributed by atoms with van der Waals surface area (Å²) in [5.41, 5.74) is 7.82. The van der Waals surface area contributed by atoms with Gasteiger partial charge in [0.15, 0.2) is 0 Å². The number of pyridine rings is 1. The molecule has 0 atom stereocenters. The van der Waals surface area contributed by atoms with Crippen molar-refractivity contribution in [3.8, 4) is 0 Å². The molecule has 0 saturated carbocycles. The summed E-state index contributed by atoms with van der Waals surface area (Å²) in [5.74, 6) is 0. The van der Waals surface area contributed by atoms with Gasteiger partial charge in [0.05, 0.1) is 34.2 Å². The second-order valence-electron chi connectivity index (χ2n) is 6.47. The smallest absolute Gasteiger partial charge is 1.00 e. The van der Waals surface area contributed by atoms with E-state index in [1.807, 2.05) is 56.3 Å². The van der Waals surface area contributed by atoms with E-state index in [1.165, 1.54) is 11.1 Å². The Kier molecular flexibility index (Phi) is 14.6. The second-order valence-corrected chi connectivity index (χ2v) is 6.47. The van der Waals surface area contributed by atoms with Crippen molar-refractivity contribution in [2.45, 2.75) is 27.7 Å². The van der Waals surface area contributed by atoms with Crippen molar-refractivity contribution in [1.29, 1.82) is 0 Å². The summed E-state index contributed by atoms with van der Waals surface area (Å²) >= 11 is 0. The molecular formula is C23H23Cl3FeN3. The van der Waals surface area contributed by atoms with Gasteiger partial charge in [-0.05, 0) is 64.1 Å². The Bertz CT molecular complexity index is 893. The molecule has 30 heavy (non-hydrogen) atoms. The molecule has 0 amide bonds. The zero-order chi connectivity index (χ0) is 18.5. The Morgan fingerprint density at radius 3 is 1.27 bits per heavy atom. The van der Waals surface area contributed by atoms with Crippen LogP contribution in [-0.2, 0) is 17.1 Å². The van der Waals surface area contributed by atoms with Crippen LogP contribution in [0.2, 0.25) is 0 Å². The summed E-state index contributed by atoms with van der Waals surface area (Å²) in [7, 11) is 0. The molecule has 0 aliphatic carbocycles. The molecule has 1 aromatic heterocycles. The normalized spacial score (nSPS) is 10.7. The molecule has 0 aliphatic rings. The van der Waals surface area contributed by atoms with Gasteiger partial charge in [0.25, 0.3) is 0 Å². The Morgan fingerprint density at radius 1 is 0.600 bits per heavy atom. The first-order chi connectivity index (χ1) is 12.5. The Balaban J connectivity index is 0. The average molecular weight is 504 g/mol. The molecule has 3 rings (SSSR count). The third-order valence-corrected chi connectivity index (χ3v) is 4.15. The molecule has 0 aliphatic heterocycles. The van der Waals surface area contributed by atoms with E-state index in [0.29, 0.717) is 0 Å². The van der Waals surface area contributed by atoms with Crippen molar-refractivity contribution in [1.82, 2.24) is 4.98 Å². The van der Waals surface area contributed by atoms with Gasteiger partial charge < -0.3 is 37.2 Å². The molecule has 3 aromatic rings. The van der Waals surface area contributed by atoms with Crippen LogP contribution in [0.1, 0.15) is 36.4 Å². The number of benzene rings is 2. The number of aryl methyl sites for hydroxylation is 2. The van der Waals surface area contributed by atoms with Gasteiger partial charge in [0.1, 0.15) is 0 Å². The van der Waals surface area contributed by atoms with Gasteiger partial charge in [-0.25, -0.2) is 4.98 Å². The van der Waals surface area contributed by atoms with E-state index in [9.17, 15) is 0 Å². The fourth-order valence-corrected chi connectivity index (χ4v) is 2.58. The van der Waals surface area contributed by atoms with Crippen LogP contribution in [0.5, 0.6) is 0 Å². The van der Waals surface area contributed by atoms with Gasteiger partial charge in [-0.2, -0.15) is 0 Å². The van der Waals surface area contributed by atoms with Gasteiger partial charge >= 0.3 is 17.1 Å². The van der Waals surface area contributed by atoms with Crippen molar-refractivity contribution in [3.05, 3.63) is 89.2 Å². The van der Waals surface area contributed by atoms with E-state index >= 15 is 0 Å². The van der Waals surface area contributed by atoms with E-state index in [-0.39, 0.29) is 54.3 Å². The van der Waals surface area contributed by atoms with E-state index in [2.05, 4.69) is 48.1 Å². The zero-order valence-corrected chi connectivity index (χ0v) is 20.6. The van der Waals surface area contributed by atoms with Crippen molar-refractivity contribution in [2.24, 2.45) is 9.98 Å². The quantitative estimate of drug-likeness (QED) is 0.276. The fraction of sp³-hybridized carbons (Fsp3) is 0.174. The number of nitrogens with zero attached hydrogens (tertiary/aromatic N) is 3. The largest absolute Gasteiger partial charge is 3.00 e. The van der Waals surface area contributed by atoms with Crippen LogP contribution in [0, 0.1) is 13.8 Å². The van der Waals surface area contributed by atoms with E-state index < -0.39 is 0 Å².